The van der Waals surface area contributed by atoms with Gasteiger partial charge >= 0.3 is 6.03 Å². The molecule has 0 spiro atoms. The van der Waals surface area contributed by atoms with Gasteiger partial charge in [0.25, 0.3) is 11.5 Å². The number of rotatable bonds is 6. The maximum absolute atomic E-state index is 12.3. The van der Waals surface area contributed by atoms with E-state index in [4.69, 9.17) is 0 Å². The zero-order valence-electron chi connectivity index (χ0n) is 14.3. The van der Waals surface area contributed by atoms with E-state index < -0.39 is 5.54 Å². The first-order chi connectivity index (χ1) is 11.9. The van der Waals surface area contributed by atoms with Crippen molar-refractivity contribution in [1.82, 2.24) is 20.2 Å². The van der Waals surface area contributed by atoms with E-state index in [0.29, 0.717) is 42.8 Å². The molecule has 1 unspecified atom stereocenters. The summed E-state index contributed by atoms with van der Waals surface area (Å²) in [7, 11) is 0. The van der Waals surface area contributed by atoms with E-state index in [9.17, 15) is 14.4 Å². The van der Waals surface area contributed by atoms with Crippen molar-refractivity contribution in [2.24, 2.45) is 0 Å². The minimum atomic E-state index is -0.810. The molecule has 1 aliphatic heterocycles. The fraction of sp³-hybridized carbons (Fsp3) is 0.412. The average Bonchev–Trinajstić information content (AvgIpc) is 2.82. The molecule has 1 atom stereocenters. The standard InChI is InChI=1S/C17H21N5O3/c1-3-17(2)14(24)22(16(25)21-17)10-6-9-18-15-19-12-8-5-4-7-11(12)13(23)20-15/h4-5,7-8H,3,6,9-10H2,1-2H3,(H,21,25)(H2,18,19,20,23). The molecule has 3 amide bonds. The molecule has 0 radical (unpaired) electrons. The van der Waals surface area contributed by atoms with Crippen LogP contribution in [0.3, 0.4) is 0 Å². The summed E-state index contributed by atoms with van der Waals surface area (Å²) >= 11 is 0. The normalized spacial score (nSPS) is 20.2. The van der Waals surface area contributed by atoms with Gasteiger partial charge in [0.05, 0.1) is 10.9 Å². The molecule has 1 aromatic carbocycles. The van der Waals surface area contributed by atoms with Gasteiger partial charge in [-0.25, -0.2) is 9.78 Å². The van der Waals surface area contributed by atoms with Crippen LogP contribution in [0.5, 0.6) is 0 Å². The van der Waals surface area contributed by atoms with Crippen molar-refractivity contribution < 1.29 is 9.59 Å². The Morgan fingerprint density at radius 1 is 1.24 bits per heavy atom. The smallest absolute Gasteiger partial charge is 0.325 e. The Morgan fingerprint density at radius 3 is 2.72 bits per heavy atom. The van der Waals surface area contributed by atoms with Crippen LogP contribution in [0.4, 0.5) is 10.7 Å². The number of para-hydroxylation sites is 1. The van der Waals surface area contributed by atoms with Crippen LogP contribution in [0.15, 0.2) is 29.1 Å². The Labute approximate surface area is 144 Å². The van der Waals surface area contributed by atoms with Crippen molar-refractivity contribution in [2.45, 2.75) is 32.2 Å². The van der Waals surface area contributed by atoms with Crippen LogP contribution in [-0.4, -0.2) is 45.4 Å². The zero-order valence-corrected chi connectivity index (χ0v) is 14.3. The maximum Gasteiger partial charge on any atom is 0.325 e. The Hall–Kier alpha value is -2.90. The van der Waals surface area contributed by atoms with E-state index in [1.807, 2.05) is 13.0 Å². The number of aromatic nitrogens is 2. The number of urea groups is 1. The fourth-order valence-corrected chi connectivity index (χ4v) is 2.80. The molecule has 0 bridgehead atoms. The van der Waals surface area contributed by atoms with Crippen LogP contribution in [-0.2, 0) is 4.79 Å². The third-order valence-corrected chi connectivity index (χ3v) is 4.52. The summed E-state index contributed by atoms with van der Waals surface area (Å²) in [5.41, 5.74) is -0.405. The summed E-state index contributed by atoms with van der Waals surface area (Å²) in [6.07, 6.45) is 1.10. The van der Waals surface area contributed by atoms with E-state index in [1.54, 1.807) is 25.1 Å². The molecule has 1 aromatic heterocycles. The Bertz CT molecular complexity index is 878. The monoisotopic (exact) mass is 343 g/mol. The number of aromatic amines is 1. The lowest BCUT2D eigenvalue weighted by Gasteiger charge is -2.19. The number of anilines is 1. The van der Waals surface area contributed by atoms with Gasteiger partial charge in [0, 0.05) is 13.1 Å². The third-order valence-electron chi connectivity index (χ3n) is 4.52. The van der Waals surface area contributed by atoms with Crippen molar-refractivity contribution in [1.29, 1.82) is 0 Å². The number of fused-ring (bicyclic) bond motifs is 1. The molecule has 132 valence electrons. The van der Waals surface area contributed by atoms with Gasteiger partial charge in [0.15, 0.2) is 0 Å². The van der Waals surface area contributed by atoms with Gasteiger partial charge in [-0.05, 0) is 31.9 Å². The summed E-state index contributed by atoms with van der Waals surface area (Å²) in [5.74, 6) is 0.177. The SMILES string of the molecule is CCC1(C)NC(=O)N(CCCNc2nc3ccccc3c(=O)[nH]2)C1=O. The molecule has 1 aliphatic rings. The maximum atomic E-state index is 12.3. The van der Waals surface area contributed by atoms with Crippen molar-refractivity contribution in [3.8, 4) is 0 Å². The predicted molar refractivity (Wildman–Crippen MR) is 94.4 cm³/mol. The third kappa shape index (κ3) is 3.19. The van der Waals surface area contributed by atoms with Crippen molar-refractivity contribution in [2.75, 3.05) is 18.4 Å². The van der Waals surface area contributed by atoms with Gasteiger partial charge in [-0.1, -0.05) is 19.1 Å². The van der Waals surface area contributed by atoms with Crippen molar-refractivity contribution in [3.63, 3.8) is 0 Å². The number of nitrogens with one attached hydrogen (secondary N) is 3. The first-order valence-corrected chi connectivity index (χ1v) is 8.31. The molecule has 0 aliphatic carbocycles. The topological polar surface area (TPSA) is 107 Å². The van der Waals surface area contributed by atoms with Gasteiger partial charge in [0.2, 0.25) is 5.95 Å². The minimum absolute atomic E-state index is 0.197. The molecule has 25 heavy (non-hydrogen) atoms. The van der Waals surface area contributed by atoms with Gasteiger partial charge in [0.1, 0.15) is 5.54 Å². The molecule has 2 heterocycles. The Kier molecular flexibility index (Phi) is 4.43. The molecule has 1 fully saturated rings. The van der Waals surface area contributed by atoms with Gasteiger partial charge in [-0.3, -0.25) is 19.5 Å². The second-order valence-electron chi connectivity index (χ2n) is 6.28. The lowest BCUT2D eigenvalue weighted by Crippen LogP contribution is -2.43. The highest BCUT2D eigenvalue weighted by atomic mass is 16.2. The lowest BCUT2D eigenvalue weighted by atomic mass is 9.99. The molecule has 0 saturated carbocycles. The summed E-state index contributed by atoms with van der Waals surface area (Å²) in [6.45, 7) is 4.38. The summed E-state index contributed by atoms with van der Waals surface area (Å²) < 4.78 is 0. The van der Waals surface area contributed by atoms with E-state index in [-0.39, 0.29) is 17.5 Å². The first-order valence-electron chi connectivity index (χ1n) is 8.31. The predicted octanol–water partition coefficient (Wildman–Crippen LogP) is 1.45. The second-order valence-corrected chi connectivity index (χ2v) is 6.28. The van der Waals surface area contributed by atoms with Gasteiger partial charge < -0.3 is 10.6 Å². The number of hydrogen-bond donors (Lipinski definition) is 3. The number of benzene rings is 1. The number of carbonyl (C=O) groups excluding carboxylic acids is 2. The average molecular weight is 343 g/mol. The van der Waals surface area contributed by atoms with Crippen LogP contribution < -0.4 is 16.2 Å². The highest BCUT2D eigenvalue weighted by molar-refractivity contribution is 6.06. The molecule has 2 aromatic rings. The van der Waals surface area contributed by atoms with Crippen LogP contribution in [0, 0.1) is 0 Å². The molecular weight excluding hydrogens is 322 g/mol. The molecule has 8 heteroatoms. The first kappa shape index (κ1) is 16.9. The van der Waals surface area contributed by atoms with Gasteiger partial charge in [-0.15, -0.1) is 0 Å². The molecular formula is C17H21N5O3. The lowest BCUT2D eigenvalue weighted by molar-refractivity contribution is -0.130. The van der Waals surface area contributed by atoms with E-state index in [2.05, 4.69) is 20.6 Å². The quantitative estimate of drug-likeness (QED) is 0.543. The van der Waals surface area contributed by atoms with Crippen molar-refractivity contribution in [3.05, 3.63) is 34.6 Å². The molecule has 3 rings (SSSR count). The Balaban J connectivity index is 1.58. The largest absolute Gasteiger partial charge is 0.356 e. The number of hydrogen-bond acceptors (Lipinski definition) is 5. The number of nitrogens with zero attached hydrogens (tertiary/aromatic N) is 2. The Morgan fingerprint density at radius 2 is 2.00 bits per heavy atom. The number of amides is 3. The molecule has 8 nitrogen and oxygen atoms in total. The second kappa shape index (κ2) is 6.54. The minimum Gasteiger partial charge on any atom is -0.356 e. The summed E-state index contributed by atoms with van der Waals surface area (Å²) in [6, 6.07) is 6.74. The van der Waals surface area contributed by atoms with Crippen LogP contribution in [0.1, 0.15) is 26.7 Å². The highest BCUT2D eigenvalue weighted by Gasteiger charge is 2.45. The summed E-state index contributed by atoms with van der Waals surface area (Å²) in [5, 5.41) is 6.29. The molecule has 1 saturated heterocycles. The van der Waals surface area contributed by atoms with Crippen LogP contribution in [0.25, 0.3) is 10.9 Å². The number of imide groups is 1. The van der Waals surface area contributed by atoms with Crippen LogP contribution in [0.2, 0.25) is 0 Å². The van der Waals surface area contributed by atoms with E-state index >= 15 is 0 Å². The molecule has 3 N–H and O–H groups in total. The zero-order chi connectivity index (χ0) is 18.0. The fourth-order valence-electron chi connectivity index (χ4n) is 2.80. The number of carbonyl (C=O) groups is 2. The number of H-pyrrole nitrogens is 1. The van der Waals surface area contributed by atoms with E-state index in [1.165, 1.54) is 4.90 Å². The van der Waals surface area contributed by atoms with Crippen molar-refractivity contribution >= 4 is 28.8 Å². The highest BCUT2D eigenvalue weighted by Crippen LogP contribution is 2.20. The summed E-state index contributed by atoms with van der Waals surface area (Å²) in [4.78, 5) is 44.5. The van der Waals surface area contributed by atoms with Crippen LogP contribution >= 0.6 is 0 Å². The van der Waals surface area contributed by atoms with Gasteiger partial charge in [-0.2, -0.15) is 0 Å². The van der Waals surface area contributed by atoms with E-state index in [0.717, 1.165) is 0 Å².